The minimum Gasteiger partial charge on any atom is -0.352 e. The lowest BCUT2D eigenvalue weighted by Gasteiger charge is -2.46. The van der Waals surface area contributed by atoms with Gasteiger partial charge in [0, 0.05) is 27.2 Å². The van der Waals surface area contributed by atoms with Crippen molar-refractivity contribution in [1.29, 1.82) is 0 Å². The summed E-state index contributed by atoms with van der Waals surface area (Å²) in [5.74, 6) is 0. The zero-order chi connectivity index (χ0) is 24.8. The van der Waals surface area contributed by atoms with Gasteiger partial charge in [-0.05, 0) is 17.5 Å². The first-order chi connectivity index (χ1) is 17.0. The molecule has 184 valence electrons. The van der Waals surface area contributed by atoms with Crippen LogP contribution in [0.4, 0.5) is 5.69 Å². The van der Waals surface area contributed by atoms with Gasteiger partial charge in [-0.25, -0.2) is 0 Å². The Morgan fingerprint density at radius 2 is 1.94 bits per heavy atom. The Kier molecular flexibility index (Phi) is 8.34. The fourth-order valence-electron chi connectivity index (χ4n) is 3.96. The van der Waals surface area contributed by atoms with E-state index in [2.05, 4.69) is 10.0 Å². The second kappa shape index (κ2) is 11.6. The molecule has 14 heteroatoms. The molecule has 0 bridgehead atoms. The average Bonchev–Trinajstić information content (AvgIpc) is 2.86. The predicted octanol–water partition coefficient (Wildman–Crippen LogP) is 3.71. The summed E-state index contributed by atoms with van der Waals surface area (Å²) in [7, 11) is -3.06. The molecule has 0 aliphatic carbocycles. The zero-order valence-corrected chi connectivity index (χ0v) is 19.1. The Bertz CT molecular complexity index is 1080. The van der Waals surface area contributed by atoms with E-state index >= 15 is 0 Å². The summed E-state index contributed by atoms with van der Waals surface area (Å²) < 4.78 is 40.4. The van der Waals surface area contributed by atoms with Crippen LogP contribution in [0.2, 0.25) is 0 Å². The molecule has 2 unspecified atom stereocenters. The maximum absolute atomic E-state index is 11.6. The maximum atomic E-state index is 11.6. The van der Waals surface area contributed by atoms with Crippen molar-refractivity contribution >= 4 is 13.9 Å². The predicted molar refractivity (Wildman–Crippen MR) is 119 cm³/mol. The minimum absolute atomic E-state index is 0.0241. The van der Waals surface area contributed by atoms with Gasteiger partial charge < -0.3 is 18.9 Å². The largest absolute Gasteiger partial charge is 0.695 e. The highest BCUT2D eigenvalue weighted by molar-refractivity contribution is 7.32. The van der Waals surface area contributed by atoms with E-state index < -0.39 is 50.1 Å². The first-order valence-electron chi connectivity index (χ1n) is 10.7. The molecule has 0 aromatic heterocycles. The van der Waals surface area contributed by atoms with Gasteiger partial charge in [-0.2, -0.15) is 0 Å². The van der Waals surface area contributed by atoms with Crippen molar-refractivity contribution in [1.82, 2.24) is 0 Å². The first kappa shape index (κ1) is 25.1. The molecule has 2 heterocycles. The van der Waals surface area contributed by atoms with E-state index in [1.165, 1.54) is 12.1 Å². The van der Waals surface area contributed by atoms with E-state index in [-0.39, 0.29) is 18.9 Å². The summed E-state index contributed by atoms with van der Waals surface area (Å²) in [5, 5.41) is 14.5. The van der Waals surface area contributed by atoms with Crippen molar-refractivity contribution < 1.29 is 37.9 Å². The normalized spacial score (nSPS) is 28.4. The van der Waals surface area contributed by atoms with Crippen molar-refractivity contribution in [3.8, 4) is 0 Å². The highest BCUT2D eigenvalue weighted by Crippen LogP contribution is 2.39. The number of hydrogen-bond acceptors (Lipinski definition) is 9. The lowest BCUT2D eigenvalue weighted by atomic mass is 9.96. The summed E-state index contributed by atoms with van der Waals surface area (Å²) in [6.45, 7) is 0.196. The molecule has 1 N–H and O–H groups in total. The molecular weight excluding hydrogens is 483 g/mol. The van der Waals surface area contributed by atoms with E-state index in [9.17, 15) is 19.6 Å². The molecular formula is C21H22N4O9P+. The smallest absolute Gasteiger partial charge is 0.352 e. The fourth-order valence-corrected chi connectivity index (χ4v) is 4.41. The number of fused-ring (bicyclic) bond motifs is 1. The van der Waals surface area contributed by atoms with Crippen LogP contribution in [0.25, 0.3) is 10.4 Å². The number of hydrogen-bond donors (Lipinski definition) is 1. The van der Waals surface area contributed by atoms with Crippen molar-refractivity contribution in [3.05, 3.63) is 86.3 Å². The number of nitro groups is 1. The van der Waals surface area contributed by atoms with Crippen LogP contribution in [0.3, 0.4) is 0 Å². The number of benzene rings is 2. The van der Waals surface area contributed by atoms with Crippen LogP contribution in [0, 0.1) is 10.1 Å². The highest BCUT2D eigenvalue weighted by atomic mass is 31.1. The summed E-state index contributed by atoms with van der Waals surface area (Å²) in [5.41, 5.74) is 10.6. The molecule has 2 saturated heterocycles. The van der Waals surface area contributed by atoms with Crippen LogP contribution in [0.5, 0.6) is 0 Å². The van der Waals surface area contributed by atoms with E-state index in [1.807, 2.05) is 30.3 Å². The Balaban J connectivity index is 1.47. The van der Waals surface area contributed by atoms with Crippen molar-refractivity contribution in [2.75, 3.05) is 13.2 Å². The number of ether oxygens (including phenoxy) is 4. The average molecular weight is 505 g/mol. The van der Waals surface area contributed by atoms with Crippen molar-refractivity contribution in [2.45, 2.75) is 43.4 Å². The monoisotopic (exact) mass is 505 g/mol. The molecule has 0 radical (unpaired) electrons. The van der Waals surface area contributed by atoms with Crippen LogP contribution in [-0.2, 0) is 34.5 Å². The number of azide groups is 1. The molecule has 0 saturated carbocycles. The van der Waals surface area contributed by atoms with Crippen molar-refractivity contribution in [3.63, 3.8) is 0 Å². The Hall–Kier alpha value is -2.99. The topological polar surface area (TPSA) is 175 Å². The van der Waals surface area contributed by atoms with E-state index in [0.717, 1.165) is 11.1 Å². The molecule has 13 nitrogen and oxygen atoms in total. The van der Waals surface area contributed by atoms with Gasteiger partial charge in [-0.3, -0.25) is 10.1 Å². The maximum Gasteiger partial charge on any atom is 0.695 e. The van der Waals surface area contributed by atoms with Gasteiger partial charge in [0.05, 0.1) is 18.1 Å². The molecule has 4 rings (SSSR count). The quantitative estimate of drug-likeness (QED) is 0.133. The Morgan fingerprint density at radius 1 is 1.20 bits per heavy atom. The van der Waals surface area contributed by atoms with E-state index in [1.54, 1.807) is 12.1 Å². The van der Waals surface area contributed by atoms with Gasteiger partial charge in [0.25, 0.3) is 5.69 Å². The number of non-ortho nitro benzene ring substituents is 1. The molecule has 2 fully saturated rings. The van der Waals surface area contributed by atoms with Crippen LogP contribution >= 0.6 is 8.25 Å². The molecule has 2 aliphatic rings. The van der Waals surface area contributed by atoms with Crippen LogP contribution in [0.1, 0.15) is 17.4 Å². The van der Waals surface area contributed by atoms with Gasteiger partial charge in [0.15, 0.2) is 18.7 Å². The zero-order valence-electron chi connectivity index (χ0n) is 18.2. The molecule has 35 heavy (non-hydrogen) atoms. The summed E-state index contributed by atoms with van der Waals surface area (Å²) in [6.07, 6.45) is -4.22. The Labute approximate surface area is 200 Å². The summed E-state index contributed by atoms with van der Waals surface area (Å²) in [6, 6.07) is 14.0. The second-order valence-corrected chi connectivity index (χ2v) is 8.45. The fraction of sp³-hybridized carbons (Fsp3) is 0.429. The highest BCUT2D eigenvalue weighted by Gasteiger charge is 2.54. The second-order valence-electron chi connectivity index (χ2n) is 7.77. The standard InChI is InChI=1S/C21H21N4O9P/c22-24-23-17-19(34-35(28)29)18-16(12-31-20(33-18)14-4-2-1-3-5-14)32-21(17)30-11-10-13-6-8-15(9-7-13)25(26)27/h1-9,16-21H,10-12H2/p+1/t16-,17-,18-,19-,20?,21-/m1/s1. The van der Waals surface area contributed by atoms with Gasteiger partial charge in [-0.15, -0.1) is 9.42 Å². The molecule has 7 atom stereocenters. The number of rotatable bonds is 9. The first-order valence-corrected chi connectivity index (χ1v) is 11.8. The van der Waals surface area contributed by atoms with Gasteiger partial charge in [-0.1, -0.05) is 47.6 Å². The minimum atomic E-state index is -3.06. The molecule has 2 aliphatic heterocycles. The summed E-state index contributed by atoms with van der Waals surface area (Å²) >= 11 is 0. The molecule has 0 spiro atoms. The third kappa shape index (κ3) is 6.17. The molecule has 2 aromatic carbocycles. The number of nitrogens with zero attached hydrogens (tertiary/aromatic N) is 4. The van der Waals surface area contributed by atoms with Crippen LogP contribution < -0.4 is 0 Å². The number of nitro benzene ring substituents is 1. The van der Waals surface area contributed by atoms with Crippen LogP contribution in [0.15, 0.2) is 59.7 Å². The van der Waals surface area contributed by atoms with Crippen LogP contribution in [-0.4, -0.2) is 53.7 Å². The Morgan fingerprint density at radius 3 is 2.60 bits per heavy atom. The van der Waals surface area contributed by atoms with E-state index in [4.69, 9.17) is 29.0 Å². The van der Waals surface area contributed by atoms with Gasteiger partial charge in [0.1, 0.15) is 18.2 Å². The summed E-state index contributed by atoms with van der Waals surface area (Å²) in [4.78, 5) is 22.6. The lowest BCUT2D eigenvalue weighted by Crippen LogP contribution is -2.62. The van der Waals surface area contributed by atoms with Gasteiger partial charge in [0.2, 0.25) is 0 Å². The van der Waals surface area contributed by atoms with Crippen molar-refractivity contribution in [2.24, 2.45) is 5.11 Å². The third-order valence-electron chi connectivity index (χ3n) is 5.60. The lowest BCUT2D eigenvalue weighted by molar-refractivity contribution is -0.384. The third-order valence-corrected chi connectivity index (χ3v) is 6.02. The van der Waals surface area contributed by atoms with Gasteiger partial charge >= 0.3 is 8.25 Å². The SMILES string of the molecule is [N-]=[N+]=N[C@H]1[C@H](OCCc2ccc([N+](=O)[O-])cc2)O[C@@H]2COC(c3ccccc3)O[C@H]2[C@@H]1O[P+](=O)O. The molecule has 0 amide bonds. The van der Waals surface area contributed by atoms with E-state index in [0.29, 0.717) is 6.42 Å². The molecule has 2 aromatic rings.